The number of para-hydroxylation sites is 1. The van der Waals surface area contributed by atoms with E-state index in [1.807, 2.05) is 48.5 Å². The summed E-state index contributed by atoms with van der Waals surface area (Å²) in [6, 6.07) is 17.0. The molecule has 1 N–H and O–H groups in total. The Morgan fingerprint density at radius 2 is 1.82 bits per heavy atom. The Hall–Kier alpha value is -3.02. The van der Waals surface area contributed by atoms with Gasteiger partial charge in [0.15, 0.2) is 5.82 Å². The lowest BCUT2D eigenvalue weighted by Gasteiger charge is -2.14. The third kappa shape index (κ3) is 2.05. The number of hydrogen-bond acceptors (Lipinski definition) is 4. The fraction of sp³-hybridized carbons (Fsp3) is 0.125. The van der Waals surface area contributed by atoms with Crippen molar-refractivity contribution in [1.82, 2.24) is 25.5 Å². The highest BCUT2D eigenvalue weighted by Crippen LogP contribution is 2.25. The Labute approximate surface area is 126 Å². The summed E-state index contributed by atoms with van der Waals surface area (Å²) in [5.74, 6) is 0.519. The summed E-state index contributed by atoms with van der Waals surface area (Å²) < 4.78 is 1.64. The van der Waals surface area contributed by atoms with Gasteiger partial charge in [-0.25, -0.2) is 0 Å². The highest BCUT2D eigenvalue weighted by Gasteiger charge is 2.29. The zero-order chi connectivity index (χ0) is 14.9. The van der Waals surface area contributed by atoms with E-state index in [9.17, 15) is 4.79 Å². The standard InChI is InChI=1S/C16H13N5O/c22-16-12-8-4-5-9-14(12)21-15(18-19-20-21)13(17-16)10-11-6-2-1-3-7-11/h1-9,13H,10H2,(H,17,22)/t13-/m0/s1. The van der Waals surface area contributed by atoms with Gasteiger partial charge in [-0.15, -0.1) is 5.10 Å². The molecule has 0 radical (unpaired) electrons. The Bertz CT molecular complexity index is 827. The molecule has 2 heterocycles. The van der Waals surface area contributed by atoms with Gasteiger partial charge in [-0.3, -0.25) is 4.79 Å². The van der Waals surface area contributed by atoms with Gasteiger partial charge in [-0.05, 0) is 28.1 Å². The second kappa shape index (κ2) is 5.07. The van der Waals surface area contributed by atoms with E-state index in [1.54, 1.807) is 10.7 Å². The Balaban J connectivity index is 1.79. The molecule has 1 amide bonds. The molecule has 1 aliphatic rings. The predicted octanol–water partition coefficient (Wildman–Crippen LogP) is 1.69. The molecule has 0 unspecified atom stereocenters. The summed E-state index contributed by atoms with van der Waals surface area (Å²) in [6.45, 7) is 0. The van der Waals surface area contributed by atoms with Gasteiger partial charge in [-0.1, -0.05) is 42.5 Å². The number of hydrogen-bond donors (Lipinski definition) is 1. The molecule has 0 bridgehead atoms. The van der Waals surface area contributed by atoms with Crippen LogP contribution >= 0.6 is 0 Å². The first-order valence-corrected chi connectivity index (χ1v) is 7.05. The van der Waals surface area contributed by atoms with Crippen LogP contribution in [0.1, 0.15) is 27.8 Å². The van der Waals surface area contributed by atoms with E-state index in [1.165, 1.54) is 0 Å². The van der Waals surface area contributed by atoms with Gasteiger partial charge >= 0.3 is 0 Å². The second-order valence-corrected chi connectivity index (χ2v) is 5.18. The molecular weight excluding hydrogens is 278 g/mol. The van der Waals surface area contributed by atoms with Gasteiger partial charge < -0.3 is 5.32 Å². The van der Waals surface area contributed by atoms with Crippen molar-refractivity contribution in [2.45, 2.75) is 12.5 Å². The summed E-state index contributed by atoms with van der Waals surface area (Å²) in [6.07, 6.45) is 0.640. The van der Waals surface area contributed by atoms with E-state index < -0.39 is 0 Å². The van der Waals surface area contributed by atoms with Crippen LogP contribution in [0.2, 0.25) is 0 Å². The maximum Gasteiger partial charge on any atom is 0.254 e. The van der Waals surface area contributed by atoms with Crippen molar-refractivity contribution in [2.75, 3.05) is 0 Å². The molecule has 0 fully saturated rings. The number of carbonyl (C=O) groups is 1. The number of benzene rings is 2. The zero-order valence-corrected chi connectivity index (χ0v) is 11.7. The summed E-state index contributed by atoms with van der Waals surface area (Å²) >= 11 is 0. The Kier molecular flexibility index (Phi) is 2.93. The van der Waals surface area contributed by atoms with Gasteiger partial charge in [0, 0.05) is 6.42 Å². The van der Waals surface area contributed by atoms with Crippen molar-refractivity contribution in [1.29, 1.82) is 0 Å². The number of rotatable bonds is 2. The first kappa shape index (κ1) is 12.7. The molecule has 1 aromatic heterocycles. The first-order valence-electron chi connectivity index (χ1n) is 7.05. The smallest absolute Gasteiger partial charge is 0.254 e. The molecule has 4 rings (SSSR count). The molecule has 6 nitrogen and oxygen atoms in total. The highest BCUT2D eigenvalue weighted by molar-refractivity contribution is 5.98. The molecule has 0 aliphatic carbocycles. The topological polar surface area (TPSA) is 72.7 Å². The van der Waals surface area contributed by atoms with E-state index in [2.05, 4.69) is 20.8 Å². The van der Waals surface area contributed by atoms with Crippen molar-refractivity contribution in [3.8, 4) is 5.69 Å². The fourth-order valence-electron chi connectivity index (χ4n) is 2.73. The van der Waals surface area contributed by atoms with Crippen molar-refractivity contribution in [3.05, 3.63) is 71.5 Å². The third-order valence-corrected chi connectivity index (χ3v) is 3.77. The largest absolute Gasteiger partial charge is 0.342 e. The summed E-state index contributed by atoms with van der Waals surface area (Å²) in [5, 5.41) is 15.0. The number of aromatic nitrogens is 4. The maximum atomic E-state index is 12.5. The minimum absolute atomic E-state index is 0.121. The maximum absolute atomic E-state index is 12.5. The van der Waals surface area contributed by atoms with Crippen LogP contribution in [0.3, 0.4) is 0 Å². The minimum atomic E-state index is -0.266. The van der Waals surface area contributed by atoms with Gasteiger partial charge in [0.25, 0.3) is 5.91 Å². The van der Waals surface area contributed by atoms with Crippen LogP contribution in [0, 0.1) is 0 Å². The van der Waals surface area contributed by atoms with E-state index in [-0.39, 0.29) is 11.9 Å². The SMILES string of the molecule is O=C1N[C@@H](Cc2ccccc2)c2nnnn2-c2ccccc21. The molecule has 0 saturated carbocycles. The molecule has 1 atom stereocenters. The molecule has 22 heavy (non-hydrogen) atoms. The molecule has 1 aliphatic heterocycles. The van der Waals surface area contributed by atoms with Crippen molar-refractivity contribution in [2.24, 2.45) is 0 Å². The Morgan fingerprint density at radius 3 is 2.68 bits per heavy atom. The monoisotopic (exact) mass is 291 g/mol. The van der Waals surface area contributed by atoms with Crippen LogP contribution in [-0.4, -0.2) is 26.1 Å². The van der Waals surface area contributed by atoms with E-state index in [0.29, 0.717) is 23.5 Å². The number of amides is 1. The van der Waals surface area contributed by atoms with Crippen LogP contribution in [-0.2, 0) is 6.42 Å². The average Bonchev–Trinajstić information content (AvgIpc) is 3.01. The van der Waals surface area contributed by atoms with E-state index in [4.69, 9.17) is 0 Å². The van der Waals surface area contributed by atoms with Crippen LogP contribution in [0.5, 0.6) is 0 Å². The second-order valence-electron chi connectivity index (χ2n) is 5.18. The molecule has 3 aromatic rings. The van der Waals surface area contributed by atoms with Crippen molar-refractivity contribution >= 4 is 5.91 Å². The fourth-order valence-corrected chi connectivity index (χ4v) is 2.73. The van der Waals surface area contributed by atoms with Crippen LogP contribution in [0.15, 0.2) is 54.6 Å². The molecule has 0 spiro atoms. The highest BCUT2D eigenvalue weighted by atomic mass is 16.1. The number of tetrazole rings is 1. The van der Waals surface area contributed by atoms with Crippen molar-refractivity contribution < 1.29 is 4.79 Å². The minimum Gasteiger partial charge on any atom is -0.342 e. The van der Waals surface area contributed by atoms with E-state index in [0.717, 1.165) is 5.56 Å². The summed E-state index contributed by atoms with van der Waals surface area (Å²) in [4.78, 5) is 12.5. The first-order chi connectivity index (χ1) is 10.8. The molecule has 0 saturated heterocycles. The van der Waals surface area contributed by atoms with E-state index >= 15 is 0 Å². The quantitative estimate of drug-likeness (QED) is 0.780. The lowest BCUT2D eigenvalue weighted by atomic mass is 10.1. The molecule has 108 valence electrons. The van der Waals surface area contributed by atoms with Crippen LogP contribution < -0.4 is 5.32 Å². The molecular formula is C16H13N5O. The Morgan fingerprint density at radius 1 is 1.05 bits per heavy atom. The zero-order valence-electron chi connectivity index (χ0n) is 11.7. The lowest BCUT2D eigenvalue weighted by molar-refractivity contribution is 0.0938. The van der Waals surface area contributed by atoms with Crippen LogP contribution in [0.4, 0.5) is 0 Å². The van der Waals surface area contributed by atoms with Crippen molar-refractivity contribution in [3.63, 3.8) is 0 Å². The van der Waals surface area contributed by atoms with Gasteiger partial charge in [0.2, 0.25) is 0 Å². The normalized spacial score (nSPS) is 16.4. The summed E-state index contributed by atoms with van der Waals surface area (Å²) in [7, 11) is 0. The number of fused-ring (bicyclic) bond motifs is 3. The number of nitrogens with zero attached hydrogens (tertiary/aromatic N) is 4. The number of nitrogens with one attached hydrogen (secondary N) is 1. The molecule has 2 aromatic carbocycles. The van der Waals surface area contributed by atoms with Crippen LogP contribution in [0.25, 0.3) is 5.69 Å². The third-order valence-electron chi connectivity index (χ3n) is 3.77. The van der Waals surface area contributed by atoms with Gasteiger partial charge in [0.05, 0.1) is 17.3 Å². The predicted molar refractivity (Wildman–Crippen MR) is 79.5 cm³/mol. The average molecular weight is 291 g/mol. The lowest BCUT2D eigenvalue weighted by Crippen LogP contribution is -2.29. The van der Waals surface area contributed by atoms with Gasteiger partial charge in [-0.2, -0.15) is 4.68 Å². The number of carbonyl (C=O) groups excluding carboxylic acids is 1. The van der Waals surface area contributed by atoms with Gasteiger partial charge in [0.1, 0.15) is 0 Å². The molecule has 6 heteroatoms. The summed E-state index contributed by atoms with van der Waals surface area (Å²) in [5.41, 5.74) is 2.40.